The zero-order valence-electron chi connectivity index (χ0n) is 22.9. The topological polar surface area (TPSA) is 86.8 Å². The minimum atomic E-state index is -4.13. The fourth-order valence-electron chi connectivity index (χ4n) is 4.27. The van der Waals surface area contributed by atoms with Crippen LogP contribution in [-0.4, -0.2) is 44.3 Å². The Bertz CT molecular complexity index is 1380. The summed E-state index contributed by atoms with van der Waals surface area (Å²) in [6, 6.07) is 19.7. The summed E-state index contributed by atoms with van der Waals surface area (Å²) in [4.78, 5) is 28.6. The van der Waals surface area contributed by atoms with Crippen molar-refractivity contribution in [2.24, 2.45) is 0 Å². The lowest BCUT2D eigenvalue weighted by atomic mass is 10.1. The number of hydrogen-bond donors (Lipinski definition) is 1. The molecule has 0 unspecified atom stereocenters. The highest BCUT2D eigenvalue weighted by molar-refractivity contribution is 7.92. The second kappa shape index (κ2) is 13.6. The first-order chi connectivity index (χ1) is 18.6. The summed E-state index contributed by atoms with van der Waals surface area (Å²) < 4.78 is 28.8. The van der Waals surface area contributed by atoms with Gasteiger partial charge in [-0.25, -0.2) is 8.42 Å². The van der Waals surface area contributed by atoms with Crippen molar-refractivity contribution in [3.63, 3.8) is 0 Å². The summed E-state index contributed by atoms with van der Waals surface area (Å²) in [5.74, 6) is -0.740. The lowest BCUT2D eigenvalue weighted by Gasteiger charge is -2.33. The molecule has 0 aliphatic carbocycles. The fourth-order valence-corrected chi connectivity index (χ4v) is 5.81. The molecule has 0 aliphatic rings. The first kappa shape index (κ1) is 30.2. The Labute approximate surface area is 236 Å². The maximum absolute atomic E-state index is 14.0. The van der Waals surface area contributed by atoms with E-state index >= 15 is 0 Å². The van der Waals surface area contributed by atoms with Crippen LogP contribution in [0.15, 0.2) is 77.7 Å². The molecule has 0 saturated carbocycles. The summed E-state index contributed by atoms with van der Waals surface area (Å²) in [6.45, 7) is 7.84. The number of nitrogens with zero attached hydrogens (tertiary/aromatic N) is 2. The summed E-state index contributed by atoms with van der Waals surface area (Å²) >= 11 is 6.00. The molecular formula is C30H36ClN3O4S. The molecule has 1 atom stereocenters. The molecule has 0 fully saturated rings. The molecule has 39 heavy (non-hydrogen) atoms. The van der Waals surface area contributed by atoms with Gasteiger partial charge in [0.15, 0.2) is 0 Å². The highest BCUT2D eigenvalue weighted by Gasteiger charge is 2.33. The van der Waals surface area contributed by atoms with Crippen LogP contribution in [0.2, 0.25) is 5.02 Å². The minimum Gasteiger partial charge on any atom is -0.354 e. The second-order valence-electron chi connectivity index (χ2n) is 9.53. The van der Waals surface area contributed by atoms with Crippen LogP contribution in [0.4, 0.5) is 5.69 Å². The molecule has 0 saturated heterocycles. The van der Waals surface area contributed by atoms with Crippen LogP contribution in [0.5, 0.6) is 0 Å². The van der Waals surface area contributed by atoms with Crippen LogP contribution in [0.25, 0.3) is 0 Å². The average Bonchev–Trinajstić information content (AvgIpc) is 2.91. The Morgan fingerprint density at radius 2 is 1.59 bits per heavy atom. The van der Waals surface area contributed by atoms with Gasteiger partial charge in [-0.05, 0) is 68.7 Å². The van der Waals surface area contributed by atoms with E-state index in [9.17, 15) is 18.0 Å². The maximum atomic E-state index is 14.0. The quantitative estimate of drug-likeness (QED) is 0.313. The van der Waals surface area contributed by atoms with Crippen LogP contribution in [-0.2, 0) is 26.2 Å². The molecule has 1 N–H and O–H groups in total. The van der Waals surface area contributed by atoms with E-state index in [4.69, 9.17) is 11.6 Å². The monoisotopic (exact) mass is 569 g/mol. The van der Waals surface area contributed by atoms with E-state index in [2.05, 4.69) is 5.32 Å². The van der Waals surface area contributed by atoms with E-state index in [0.29, 0.717) is 23.7 Å². The van der Waals surface area contributed by atoms with Gasteiger partial charge in [-0.1, -0.05) is 73.0 Å². The van der Waals surface area contributed by atoms with Crippen molar-refractivity contribution in [1.29, 1.82) is 0 Å². The smallest absolute Gasteiger partial charge is 0.264 e. The van der Waals surface area contributed by atoms with Gasteiger partial charge in [0.1, 0.15) is 12.6 Å². The van der Waals surface area contributed by atoms with Crippen molar-refractivity contribution >= 4 is 39.1 Å². The molecule has 0 radical (unpaired) electrons. The molecule has 3 aromatic carbocycles. The average molecular weight is 570 g/mol. The van der Waals surface area contributed by atoms with Crippen LogP contribution in [0.1, 0.15) is 43.4 Å². The molecule has 0 spiro atoms. The van der Waals surface area contributed by atoms with E-state index in [1.807, 2.05) is 52.0 Å². The van der Waals surface area contributed by atoms with E-state index in [1.165, 1.54) is 29.2 Å². The van der Waals surface area contributed by atoms with E-state index < -0.39 is 28.5 Å². The van der Waals surface area contributed by atoms with Crippen LogP contribution >= 0.6 is 11.6 Å². The van der Waals surface area contributed by atoms with Crippen LogP contribution in [0.3, 0.4) is 0 Å². The summed E-state index contributed by atoms with van der Waals surface area (Å²) in [5.41, 5.74) is 3.18. The Morgan fingerprint density at radius 3 is 2.18 bits per heavy atom. The molecule has 208 valence electrons. The zero-order valence-corrected chi connectivity index (χ0v) is 24.4. The van der Waals surface area contributed by atoms with Crippen molar-refractivity contribution in [1.82, 2.24) is 10.2 Å². The third kappa shape index (κ3) is 7.83. The lowest BCUT2D eigenvalue weighted by molar-refractivity contribution is -0.140. The standard InChI is InChI=1S/C30H36ClN3O4S/c1-5-18-32-30(36)28(6-2)33(20-24-9-7-8-23(4)19-24)29(35)21-34(26-14-10-22(3)11-15-26)39(37,38)27-16-12-25(31)13-17-27/h7-17,19,28H,5-6,18,20-21H2,1-4H3,(H,32,36)/t28-/m0/s1. The molecular weight excluding hydrogens is 534 g/mol. The molecule has 0 bridgehead atoms. The molecule has 9 heteroatoms. The third-order valence-corrected chi connectivity index (χ3v) is 8.41. The Balaban J connectivity index is 2.04. The van der Waals surface area contributed by atoms with Gasteiger partial charge in [-0.3, -0.25) is 13.9 Å². The number of benzene rings is 3. The lowest BCUT2D eigenvalue weighted by Crippen LogP contribution is -2.52. The van der Waals surface area contributed by atoms with Gasteiger partial charge in [0, 0.05) is 18.1 Å². The largest absolute Gasteiger partial charge is 0.354 e. The van der Waals surface area contributed by atoms with Crippen molar-refractivity contribution in [3.8, 4) is 0 Å². The first-order valence-electron chi connectivity index (χ1n) is 13.0. The van der Waals surface area contributed by atoms with Gasteiger partial charge in [-0.2, -0.15) is 0 Å². The molecule has 0 heterocycles. The summed E-state index contributed by atoms with van der Waals surface area (Å²) in [7, 11) is -4.13. The normalized spacial score (nSPS) is 12.0. The predicted molar refractivity (Wildman–Crippen MR) is 156 cm³/mol. The predicted octanol–water partition coefficient (Wildman–Crippen LogP) is 5.49. The molecule has 7 nitrogen and oxygen atoms in total. The SMILES string of the molecule is CCCNC(=O)[C@H](CC)N(Cc1cccc(C)c1)C(=O)CN(c1ccc(C)cc1)S(=O)(=O)c1ccc(Cl)cc1. The van der Waals surface area contributed by atoms with Crippen molar-refractivity contribution < 1.29 is 18.0 Å². The number of halogens is 1. The number of nitrogens with one attached hydrogen (secondary N) is 1. The number of anilines is 1. The Morgan fingerprint density at radius 1 is 0.923 bits per heavy atom. The van der Waals surface area contributed by atoms with Crippen LogP contribution < -0.4 is 9.62 Å². The van der Waals surface area contributed by atoms with Crippen molar-refractivity contribution in [2.45, 2.75) is 58.0 Å². The number of hydrogen-bond acceptors (Lipinski definition) is 4. The van der Waals surface area contributed by atoms with Crippen molar-refractivity contribution in [3.05, 3.63) is 94.5 Å². The highest BCUT2D eigenvalue weighted by atomic mass is 35.5. The maximum Gasteiger partial charge on any atom is 0.264 e. The number of rotatable bonds is 12. The number of carbonyl (C=O) groups is 2. The van der Waals surface area contributed by atoms with Crippen molar-refractivity contribution in [2.75, 3.05) is 17.4 Å². The van der Waals surface area contributed by atoms with Gasteiger partial charge >= 0.3 is 0 Å². The van der Waals surface area contributed by atoms with Gasteiger partial charge < -0.3 is 10.2 Å². The van der Waals surface area contributed by atoms with Gasteiger partial charge in [0.05, 0.1) is 10.6 Å². The Hall–Kier alpha value is -3.36. The third-order valence-electron chi connectivity index (χ3n) is 6.37. The van der Waals surface area contributed by atoms with E-state index in [-0.39, 0.29) is 17.3 Å². The van der Waals surface area contributed by atoms with E-state index in [1.54, 1.807) is 24.3 Å². The first-order valence-corrected chi connectivity index (χ1v) is 14.9. The second-order valence-corrected chi connectivity index (χ2v) is 11.8. The molecule has 3 aromatic rings. The molecule has 0 aromatic heterocycles. The fraction of sp³-hybridized carbons (Fsp3) is 0.333. The molecule has 3 rings (SSSR count). The van der Waals surface area contributed by atoms with Crippen LogP contribution in [0, 0.1) is 13.8 Å². The van der Waals surface area contributed by atoms with Gasteiger partial charge in [-0.15, -0.1) is 0 Å². The van der Waals surface area contributed by atoms with Gasteiger partial charge in [0.25, 0.3) is 10.0 Å². The molecule has 0 aliphatic heterocycles. The highest BCUT2D eigenvalue weighted by Crippen LogP contribution is 2.26. The summed E-state index contributed by atoms with van der Waals surface area (Å²) in [5, 5.41) is 3.29. The zero-order chi connectivity index (χ0) is 28.6. The Kier molecular flexibility index (Phi) is 10.5. The summed E-state index contributed by atoms with van der Waals surface area (Å²) in [6.07, 6.45) is 1.14. The minimum absolute atomic E-state index is 0.0123. The number of amides is 2. The van der Waals surface area contributed by atoms with Gasteiger partial charge in [0.2, 0.25) is 11.8 Å². The number of carbonyl (C=O) groups excluding carboxylic acids is 2. The molecule has 2 amide bonds. The number of aryl methyl sites for hydroxylation is 2. The number of sulfonamides is 1. The van der Waals surface area contributed by atoms with E-state index in [0.717, 1.165) is 27.4 Å².